The van der Waals surface area contributed by atoms with E-state index in [0.717, 1.165) is 5.56 Å². The molecule has 7 nitrogen and oxygen atoms in total. The lowest BCUT2D eigenvalue weighted by Gasteiger charge is -2.35. The molecular weight excluding hydrogens is 350 g/mol. The van der Waals surface area contributed by atoms with Gasteiger partial charge in [-0.3, -0.25) is 4.79 Å². The SMILES string of the molecule is C/C=C/c1ccc(OCC(=O)OCC(=O)N2C[C@@H](C)O[C@H](C)C2)c(OC)c1. The number of esters is 1. The number of carbonyl (C=O) groups is 2. The first kappa shape index (κ1) is 20.8. The number of morpholine rings is 1. The minimum Gasteiger partial charge on any atom is -0.493 e. The molecule has 0 bridgehead atoms. The second-order valence-corrected chi connectivity index (χ2v) is 6.42. The van der Waals surface area contributed by atoms with Crippen LogP contribution in [-0.4, -0.2) is 62.4 Å². The van der Waals surface area contributed by atoms with Gasteiger partial charge in [-0.2, -0.15) is 0 Å². The summed E-state index contributed by atoms with van der Waals surface area (Å²) in [4.78, 5) is 25.7. The zero-order valence-corrected chi connectivity index (χ0v) is 16.3. The van der Waals surface area contributed by atoms with E-state index in [9.17, 15) is 9.59 Å². The minimum atomic E-state index is -0.614. The number of nitrogens with zero attached hydrogens (tertiary/aromatic N) is 1. The van der Waals surface area contributed by atoms with Crippen LogP contribution >= 0.6 is 0 Å². The van der Waals surface area contributed by atoms with E-state index in [1.165, 1.54) is 7.11 Å². The third-order valence-electron chi connectivity index (χ3n) is 4.02. The van der Waals surface area contributed by atoms with Crippen molar-refractivity contribution in [2.75, 3.05) is 33.4 Å². The predicted molar refractivity (Wildman–Crippen MR) is 101 cm³/mol. The summed E-state index contributed by atoms with van der Waals surface area (Å²) >= 11 is 0. The molecule has 7 heteroatoms. The summed E-state index contributed by atoms with van der Waals surface area (Å²) < 4.78 is 21.4. The molecule has 1 aliphatic rings. The molecule has 1 amide bonds. The lowest BCUT2D eigenvalue weighted by Crippen LogP contribution is -2.49. The Hall–Kier alpha value is -2.54. The molecular formula is C20H27NO6. The Labute approximate surface area is 159 Å². The van der Waals surface area contributed by atoms with Crippen LogP contribution in [-0.2, 0) is 19.1 Å². The topological polar surface area (TPSA) is 74.3 Å². The van der Waals surface area contributed by atoms with Crippen LogP contribution in [0.25, 0.3) is 6.08 Å². The molecule has 0 aromatic heterocycles. The van der Waals surface area contributed by atoms with Gasteiger partial charge in [-0.1, -0.05) is 18.2 Å². The molecule has 27 heavy (non-hydrogen) atoms. The van der Waals surface area contributed by atoms with Gasteiger partial charge in [-0.05, 0) is 38.5 Å². The first-order valence-corrected chi connectivity index (χ1v) is 8.95. The van der Waals surface area contributed by atoms with Gasteiger partial charge >= 0.3 is 5.97 Å². The number of amides is 1. The van der Waals surface area contributed by atoms with Gasteiger partial charge in [0.15, 0.2) is 24.7 Å². The lowest BCUT2D eigenvalue weighted by molar-refractivity contribution is -0.158. The number of benzene rings is 1. The van der Waals surface area contributed by atoms with Gasteiger partial charge in [0.25, 0.3) is 5.91 Å². The highest BCUT2D eigenvalue weighted by atomic mass is 16.6. The van der Waals surface area contributed by atoms with E-state index in [0.29, 0.717) is 24.6 Å². The van der Waals surface area contributed by atoms with Gasteiger partial charge in [0.05, 0.1) is 19.3 Å². The normalized spacial score (nSPS) is 19.8. The third kappa shape index (κ3) is 6.29. The van der Waals surface area contributed by atoms with Gasteiger partial charge < -0.3 is 23.8 Å². The Bertz CT molecular complexity index is 677. The molecule has 1 fully saturated rings. The smallest absolute Gasteiger partial charge is 0.344 e. The molecule has 2 atom stereocenters. The molecule has 0 radical (unpaired) electrons. The molecule has 0 N–H and O–H groups in total. The van der Waals surface area contributed by atoms with Crippen LogP contribution in [0.3, 0.4) is 0 Å². The van der Waals surface area contributed by atoms with Crippen molar-refractivity contribution in [3.8, 4) is 11.5 Å². The molecule has 0 aliphatic carbocycles. The van der Waals surface area contributed by atoms with E-state index in [1.54, 1.807) is 11.0 Å². The first-order valence-electron chi connectivity index (χ1n) is 8.95. The number of carbonyl (C=O) groups excluding carboxylic acids is 2. The molecule has 1 saturated heterocycles. The van der Waals surface area contributed by atoms with E-state index in [1.807, 2.05) is 45.1 Å². The van der Waals surface area contributed by atoms with E-state index in [2.05, 4.69) is 0 Å². The standard InChI is InChI=1S/C20H27NO6/c1-5-6-16-7-8-17(18(9-16)24-4)25-13-20(23)26-12-19(22)21-10-14(2)27-15(3)11-21/h5-9,14-15H,10-13H2,1-4H3/b6-5+/t14-,15-/m1/s1. The highest BCUT2D eigenvalue weighted by molar-refractivity contribution is 5.81. The average molecular weight is 377 g/mol. The van der Waals surface area contributed by atoms with Crippen molar-refractivity contribution in [3.05, 3.63) is 29.8 Å². The Morgan fingerprint density at radius 1 is 1.19 bits per heavy atom. The van der Waals surface area contributed by atoms with Crippen molar-refractivity contribution in [2.24, 2.45) is 0 Å². The molecule has 1 aliphatic heterocycles. The Morgan fingerprint density at radius 3 is 2.52 bits per heavy atom. The van der Waals surface area contributed by atoms with Crippen LogP contribution in [0.1, 0.15) is 26.3 Å². The number of allylic oxidation sites excluding steroid dienone is 1. The van der Waals surface area contributed by atoms with Gasteiger partial charge in [0.2, 0.25) is 0 Å². The maximum Gasteiger partial charge on any atom is 0.344 e. The summed E-state index contributed by atoms with van der Waals surface area (Å²) in [6, 6.07) is 5.39. The number of methoxy groups -OCH3 is 1. The fourth-order valence-electron chi connectivity index (χ4n) is 2.89. The fourth-order valence-corrected chi connectivity index (χ4v) is 2.89. The van der Waals surface area contributed by atoms with Crippen LogP contribution < -0.4 is 9.47 Å². The van der Waals surface area contributed by atoms with Crippen LogP contribution in [0.15, 0.2) is 24.3 Å². The minimum absolute atomic E-state index is 0.0327. The predicted octanol–water partition coefficient (Wildman–Crippen LogP) is 2.29. The van der Waals surface area contributed by atoms with Crippen LogP contribution in [0, 0.1) is 0 Å². The first-order chi connectivity index (χ1) is 12.9. The van der Waals surface area contributed by atoms with Crippen molar-refractivity contribution in [3.63, 3.8) is 0 Å². The van der Waals surface area contributed by atoms with E-state index < -0.39 is 5.97 Å². The van der Waals surface area contributed by atoms with Crippen LogP contribution in [0.2, 0.25) is 0 Å². The number of hydrogen-bond donors (Lipinski definition) is 0. The highest BCUT2D eigenvalue weighted by Gasteiger charge is 2.26. The fraction of sp³-hybridized carbons (Fsp3) is 0.500. The van der Waals surface area contributed by atoms with Crippen molar-refractivity contribution < 1.29 is 28.5 Å². The molecule has 0 spiro atoms. The Morgan fingerprint density at radius 2 is 1.89 bits per heavy atom. The summed E-state index contributed by atoms with van der Waals surface area (Å²) in [5.41, 5.74) is 0.962. The van der Waals surface area contributed by atoms with E-state index >= 15 is 0 Å². The van der Waals surface area contributed by atoms with Crippen LogP contribution in [0.5, 0.6) is 11.5 Å². The summed E-state index contributed by atoms with van der Waals surface area (Å²) in [7, 11) is 1.53. The maximum atomic E-state index is 12.2. The molecule has 0 saturated carbocycles. The highest BCUT2D eigenvalue weighted by Crippen LogP contribution is 2.28. The van der Waals surface area contributed by atoms with E-state index in [4.69, 9.17) is 18.9 Å². The zero-order chi connectivity index (χ0) is 19.8. The quantitative estimate of drug-likeness (QED) is 0.679. The van der Waals surface area contributed by atoms with Gasteiger partial charge in [0, 0.05) is 13.1 Å². The van der Waals surface area contributed by atoms with Gasteiger partial charge in [0.1, 0.15) is 0 Å². The summed E-state index contributed by atoms with van der Waals surface area (Å²) in [5, 5.41) is 0. The molecule has 1 aromatic carbocycles. The number of ether oxygens (including phenoxy) is 4. The zero-order valence-electron chi connectivity index (χ0n) is 16.3. The molecule has 1 aromatic rings. The summed E-state index contributed by atoms with van der Waals surface area (Å²) in [6.45, 7) is 6.11. The molecule has 0 unspecified atom stereocenters. The van der Waals surface area contributed by atoms with Crippen molar-refractivity contribution in [1.29, 1.82) is 0 Å². The van der Waals surface area contributed by atoms with Gasteiger partial charge in [-0.25, -0.2) is 4.79 Å². The average Bonchev–Trinajstić information content (AvgIpc) is 2.64. The van der Waals surface area contributed by atoms with Crippen LogP contribution in [0.4, 0.5) is 0 Å². The summed E-state index contributed by atoms with van der Waals surface area (Å²) in [5.74, 6) is 0.103. The summed E-state index contributed by atoms with van der Waals surface area (Å²) in [6.07, 6.45) is 3.78. The maximum absolute atomic E-state index is 12.2. The molecule has 1 heterocycles. The largest absolute Gasteiger partial charge is 0.493 e. The number of rotatable bonds is 7. The Balaban J connectivity index is 1.81. The lowest BCUT2D eigenvalue weighted by atomic mass is 10.2. The third-order valence-corrected chi connectivity index (χ3v) is 4.02. The van der Waals surface area contributed by atoms with Gasteiger partial charge in [-0.15, -0.1) is 0 Å². The monoisotopic (exact) mass is 377 g/mol. The van der Waals surface area contributed by atoms with Crippen molar-refractivity contribution >= 4 is 18.0 Å². The molecule has 2 rings (SSSR count). The van der Waals surface area contributed by atoms with E-state index in [-0.39, 0.29) is 31.3 Å². The molecule has 148 valence electrons. The van der Waals surface area contributed by atoms with Crippen molar-refractivity contribution in [2.45, 2.75) is 33.0 Å². The Kier molecular flexibility index (Phi) is 7.67. The second-order valence-electron chi connectivity index (χ2n) is 6.42. The number of hydrogen-bond acceptors (Lipinski definition) is 6. The second kappa shape index (κ2) is 9.97. The van der Waals surface area contributed by atoms with Crippen molar-refractivity contribution in [1.82, 2.24) is 4.90 Å².